The first kappa shape index (κ1) is 16.8. The minimum absolute atomic E-state index is 0.0619. The third kappa shape index (κ3) is 4.06. The van der Waals surface area contributed by atoms with Gasteiger partial charge in [0, 0.05) is 17.7 Å². The van der Waals surface area contributed by atoms with Gasteiger partial charge in [-0.25, -0.2) is 4.68 Å². The number of nitrogens with zero attached hydrogens (tertiary/aromatic N) is 2. The molecule has 1 aromatic heterocycles. The summed E-state index contributed by atoms with van der Waals surface area (Å²) in [6.07, 6.45) is 7.87. The molecule has 1 saturated carbocycles. The molecule has 0 spiro atoms. The third-order valence-corrected chi connectivity index (χ3v) is 4.79. The zero-order valence-electron chi connectivity index (χ0n) is 13.8. The van der Waals surface area contributed by atoms with Gasteiger partial charge in [-0.05, 0) is 31.4 Å². The van der Waals surface area contributed by atoms with Gasteiger partial charge in [-0.3, -0.25) is 4.79 Å². The van der Waals surface area contributed by atoms with Crippen LogP contribution in [0.2, 0.25) is 5.15 Å². The van der Waals surface area contributed by atoms with Gasteiger partial charge in [0.15, 0.2) is 0 Å². The fourth-order valence-corrected chi connectivity index (χ4v) is 3.39. The lowest BCUT2D eigenvalue weighted by atomic mass is 10.2. The molecule has 4 nitrogen and oxygen atoms in total. The zero-order chi connectivity index (χ0) is 16.9. The maximum absolute atomic E-state index is 12.0. The molecule has 5 heteroatoms. The Bertz CT molecular complexity index is 731. The number of amides is 1. The summed E-state index contributed by atoms with van der Waals surface area (Å²) in [6, 6.07) is 10.4. The van der Waals surface area contributed by atoms with Gasteiger partial charge in [0.25, 0.3) is 0 Å². The molecule has 0 unspecified atom stereocenters. The summed E-state index contributed by atoms with van der Waals surface area (Å²) in [5, 5.41) is 8.08. The number of hydrogen-bond donors (Lipinski definition) is 1. The minimum Gasteiger partial charge on any atom is -0.350 e. The molecule has 2 aromatic rings. The Hall–Kier alpha value is -2.07. The summed E-state index contributed by atoms with van der Waals surface area (Å²) in [5.41, 5.74) is 2.76. The van der Waals surface area contributed by atoms with Crippen LogP contribution in [0.3, 0.4) is 0 Å². The first-order chi connectivity index (χ1) is 11.6. The van der Waals surface area contributed by atoms with Crippen molar-refractivity contribution in [1.29, 1.82) is 0 Å². The molecule has 0 radical (unpaired) electrons. The second-order valence-corrected chi connectivity index (χ2v) is 6.61. The summed E-state index contributed by atoms with van der Waals surface area (Å²) in [6.45, 7) is 2.52. The molecule has 0 atom stereocenters. The van der Waals surface area contributed by atoms with Crippen molar-refractivity contribution in [3.8, 4) is 0 Å². The fourth-order valence-electron chi connectivity index (χ4n) is 3.10. The number of aromatic nitrogens is 2. The van der Waals surface area contributed by atoms with Crippen LogP contribution in [0.4, 0.5) is 0 Å². The van der Waals surface area contributed by atoms with E-state index in [4.69, 9.17) is 11.6 Å². The zero-order valence-corrected chi connectivity index (χ0v) is 14.6. The maximum atomic E-state index is 12.0. The molecule has 126 valence electrons. The van der Waals surface area contributed by atoms with Crippen LogP contribution in [-0.2, 0) is 11.3 Å². The lowest BCUT2D eigenvalue weighted by Gasteiger charge is -2.09. The molecule has 24 heavy (non-hydrogen) atoms. The standard InChI is InChI=1S/C19H22ClN3O/c1-14-17(11-12-18(24)21-16-9-5-6-10-16)19(20)23(22-14)13-15-7-3-2-4-8-15/h2-4,7-8,11-12,16H,5-6,9-10,13H2,1H3,(H,21,24)/b12-11-. The van der Waals surface area contributed by atoms with Crippen molar-refractivity contribution in [2.45, 2.75) is 45.2 Å². The molecule has 0 saturated heterocycles. The van der Waals surface area contributed by atoms with Gasteiger partial charge in [0.05, 0.1) is 12.2 Å². The van der Waals surface area contributed by atoms with Crippen LogP contribution in [0.1, 0.15) is 42.5 Å². The van der Waals surface area contributed by atoms with E-state index in [2.05, 4.69) is 10.4 Å². The highest BCUT2D eigenvalue weighted by Gasteiger charge is 2.16. The quantitative estimate of drug-likeness (QED) is 0.835. The second kappa shape index (κ2) is 7.67. The van der Waals surface area contributed by atoms with Crippen molar-refractivity contribution in [3.05, 3.63) is 58.4 Å². The Labute approximate surface area is 147 Å². The average Bonchev–Trinajstić information content (AvgIpc) is 3.16. The summed E-state index contributed by atoms with van der Waals surface area (Å²) >= 11 is 6.45. The van der Waals surface area contributed by atoms with E-state index < -0.39 is 0 Å². The molecule has 1 heterocycles. The lowest BCUT2D eigenvalue weighted by Crippen LogP contribution is -2.30. The van der Waals surface area contributed by atoms with Crippen LogP contribution < -0.4 is 5.32 Å². The minimum atomic E-state index is -0.0619. The van der Waals surface area contributed by atoms with Crippen molar-refractivity contribution >= 4 is 23.6 Å². The second-order valence-electron chi connectivity index (χ2n) is 6.26. The summed E-state index contributed by atoms with van der Waals surface area (Å²) < 4.78 is 1.76. The monoisotopic (exact) mass is 343 g/mol. The summed E-state index contributed by atoms with van der Waals surface area (Å²) in [7, 11) is 0. The molecule has 1 aliphatic carbocycles. The molecular weight excluding hydrogens is 322 g/mol. The molecule has 1 amide bonds. The molecule has 0 aliphatic heterocycles. The van der Waals surface area contributed by atoms with Crippen LogP contribution in [0.5, 0.6) is 0 Å². The van der Waals surface area contributed by atoms with E-state index >= 15 is 0 Å². The van der Waals surface area contributed by atoms with E-state index in [-0.39, 0.29) is 5.91 Å². The van der Waals surface area contributed by atoms with Crippen LogP contribution in [-0.4, -0.2) is 21.7 Å². The van der Waals surface area contributed by atoms with Gasteiger partial charge >= 0.3 is 0 Å². The highest BCUT2D eigenvalue weighted by Crippen LogP contribution is 2.22. The van der Waals surface area contributed by atoms with Crippen LogP contribution >= 0.6 is 11.6 Å². The number of benzene rings is 1. The SMILES string of the molecule is Cc1nn(Cc2ccccc2)c(Cl)c1/C=C\C(=O)NC1CCCC1. The lowest BCUT2D eigenvalue weighted by molar-refractivity contribution is -0.117. The van der Waals surface area contributed by atoms with E-state index in [1.807, 2.05) is 37.3 Å². The highest BCUT2D eigenvalue weighted by molar-refractivity contribution is 6.31. The number of carbonyl (C=O) groups excluding carboxylic acids is 1. The summed E-state index contributed by atoms with van der Waals surface area (Å²) in [5.74, 6) is -0.0619. The number of hydrogen-bond acceptors (Lipinski definition) is 2. The van der Waals surface area contributed by atoms with E-state index in [1.165, 1.54) is 12.8 Å². The Kier molecular flexibility index (Phi) is 5.36. The fraction of sp³-hybridized carbons (Fsp3) is 0.368. The Morgan fingerprint density at radius 3 is 2.75 bits per heavy atom. The first-order valence-electron chi connectivity index (χ1n) is 8.39. The largest absolute Gasteiger partial charge is 0.350 e. The molecule has 1 N–H and O–H groups in total. The maximum Gasteiger partial charge on any atom is 0.244 e. The van der Waals surface area contributed by atoms with E-state index in [0.717, 1.165) is 29.7 Å². The van der Waals surface area contributed by atoms with E-state index in [0.29, 0.717) is 17.7 Å². The van der Waals surface area contributed by atoms with Crippen molar-refractivity contribution in [2.75, 3.05) is 0 Å². The smallest absolute Gasteiger partial charge is 0.244 e. The van der Waals surface area contributed by atoms with Crippen molar-refractivity contribution < 1.29 is 4.79 Å². The molecule has 3 rings (SSSR count). The number of rotatable bonds is 5. The Morgan fingerprint density at radius 2 is 2.04 bits per heavy atom. The van der Waals surface area contributed by atoms with Crippen molar-refractivity contribution in [2.24, 2.45) is 0 Å². The van der Waals surface area contributed by atoms with E-state index in [1.54, 1.807) is 16.8 Å². The Morgan fingerprint density at radius 1 is 1.33 bits per heavy atom. The predicted molar refractivity (Wildman–Crippen MR) is 97.0 cm³/mol. The van der Waals surface area contributed by atoms with Crippen LogP contribution in [0, 0.1) is 6.92 Å². The number of carbonyl (C=O) groups is 1. The van der Waals surface area contributed by atoms with Crippen molar-refractivity contribution in [3.63, 3.8) is 0 Å². The number of halogens is 1. The molecule has 1 fully saturated rings. The molecular formula is C19H22ClN3O. The van der Waals surface area contributed by atoms with Crippen molar-refractivity contribution in [1.82, 2.24) is 15.1 Å². The number of aryl methyl sites for hydroxylation is 1. The highest BCUT2D eigenvalue weighted by atomic mass is 35.5. The Balaban J connectivity index is 1.69. The normalized spacial score (nSPS) is 15.2. The van der Waals surface area contributed by atoms with Gasteiger partial charge in [0.2, 0.25) is 5.91 Å². The van der Waals surface area contributed by atoms with Gasteiger partial charge in [-0.2, -0.15) is 5.10 Å². The molecule has 1 aromatic carbocycles. The van der Waals surface area contributed by atoms with Gasteiger partial charge < -0.3 is 5.32 Å². The summed E-state index contributed by atoms with van der Waals surface area (Å²) in [4.78, 5) is 12.0. The van der Waals surface area contributed by atoms with Gasteiger partial charge in [-0.1, -0.05) is 54.8 Å². The number of nitrogens with one attached hydrogen (secondary N) is 1. The average molecular weight is 344 g/mol. The van der Waals surface area contributed by atoms with Gasteiger partial charge in [0.1, 0.15) is 5.15 Å². The third-order valence-electron chi connectivity index (χ3n) is 4.39. The molecule has 1 aliphatic rings. The predicted octanol–water partition coefficient (Wildman–Crippen LogP) is 3.97. The van der Waals surface area contributed by atoms with E-state index in [9.17, 15) is 4.79 Å². The van der Waals surface area contributed by atoms with Crippen LogP contribution in [0.15, 0.2) is 36.4 Å². The van der Waals surface area contributed by atoms with Gasteiger partial charge in [-0.15, -0.1) is 0 Å². The molecule has 0 bridgehead atoms. The first-order valence-corrected chi connectivity index (χ1v) is 8.76. The topological polar surface area (TPSA) is 46.9 Å². The van der Waals surface area contributed by atoms with Crippen LogP contribution in [0.25, 0.3) is 6.08 Å².